The monoisotopic (exact) mass is 525 g/mol. The van der Waals surface area contributed by atoms with E-state index < -0.39 is 6.36 Å². The maximum absolute atomic E-state index is 12.8. The van der Waals surface area contributed by atoms with Gasteiger partial charge in [0, 0.05) is 37.1 Å². The van der Waals surface area contributed by atoms with Gasteiger partial charge in [-0.3, -0.25) is 9.20 Å². The van der Waals surface area contributed by atoms with E-state index in [-0.39, 0.29) is 11.7 Å². The SMILES string of the molecule is Cc1nc2sccn2c1C(=O)NCc1ccc2nc(N(C)Cc3ccc(OC(F)(F)F)cc3)ccc2c1. The summed E-state index contributed by atoms with van der Waals surface area (Å²) >= 11 is 1.48. The van der Waals surface area contributed by atoms with E-state index >= 15 is 0 Å². The van der Waals surface area contributed by atoms with Gasteiger partial charge in [0.05, 0.1) is 11.2 Å². The van der Waals surface area contributed by atoms with Gasteiger partial charge in [0.2, 0.25) is 0 Å². The molecular formula is C26H22F3N5O2S. The number of hydrogen-bond acceptors (Lipinski definition) is 6. The molecule has 0 saturated heterocycles. The number of hydrogen-bond donors (Lipinski definition) is 1. The number of alkyl halides is 3. The average Bonchev–Trinajstić information content (AvgIpc) is 3.42. The standard InChI is InChI=1S/C26H22F3N5O2S/c1-16-23(34-11-12-37-25(34)31-16)24(35)30-14-18-5-9-21-19(13-18)6-10-22(32-21)33(2)15-17-3-7-20(8-4-17)36-26(27,28)29/h3-13H,14-15H2,1-2H3,(H,30,35). The summed E-state index contributed by atoms with van der Waals surface area (Å²) in [5.41, 5.74) is 3.77. The Morgan fingerprint density at radius 3 is 2.59 bits per heavy atom. The van der Waals surface area contributed by atoms with Crippen LogP contribution in [0.1, 0.15) is 27.3 Å². The number of fused-ring (bicyclic) bond motifs is 2. The number of amides is 1. The Morgan fingerprint density at radius 2 is 1.84 bits per heavy atom. The fourth-order valence-electron chi connectivity index (χ4n) is 4.07. The Balaban J connectivity index is 1.24. The molecule has 0 bridgehead atoms. The van der Waals surface area contributed by atoms with Crippen molar-refractivity contribution >= 4 is 38.9 Å². The van der Waals surface area contributed by atoms with E-state index in [2.05, 4.69) is 15.0 Å². The van der Waals surface area contributed by atoms with Crippen molar-refractivity contribution < 1.29 is 22.7 Å². The molecule has 11 heteroatoms. The van der Waals surface area contributed by atoms with Crippen LogP contribution in [-0.2, 0) is 13.1 Å². The lowest BCUT2D eigenvalue weighted by Gasteiger charge is -2.19. The molecule has 0 fully saturated rings. The Kier molecular flexibility index (Phi) is 6.46. The molecule has 1 N–H and O–H groups in total. The van der Waals surface area contributed by atoms with Crippen molar-refractivity contribution in [2.75, 3.05) is 11.9 Å². The van der Waals surface area contributed by atoms with Crippen molar-refractivity contribution in [2.24, 2.45) is 0 Å². The van der Waals surface area contributed by atoms with Gasteiger partial charge in [-0.2, -0.15) is 0 Å². The Labute approximate surface area is 214 Å². The second-order valence-electron chi connectivity index (χ2n) is 8.53. The van der Waals surface area contributed by atoms with Crippen LogP contribution < -0.4 is 15.0 Å². The number of aromatic nitrogens is 3. The topological polar surface area (TPSA) is 71.8 Å². The zero-order chi connectivity index (χ0) is 26.2. The molecule has 2 aromatic carbocycles. The second kappa shape index (κ2) is 9.74. The van der Waals surface area contributed by atoms with Gasteiger partial charge in [0.1, 0.15) is 17.3 Å². The van der Waals surface area contributed by atoms with E-state index in [4.69, 9.17) is 4.98 Å². The lowest BCUT2D eigenvalue weighted by molar-refractivity contribution is -0.274. The summed E-state index contributed by atoms with van der Waals surface area (Å²) in [5, 5.41) is 5.79. The van der Waals surface area contributed by atoms with Crippen LogP contribution in [0.5, 0.6) is 5.75 Å². The molecule has 37 heavy (non-hydrogen) atoms. The summed E-state index contributed by atoms with van der Waals surface area (Å²) in [6, 6.07) is 15.4. The molecule has 3 aromatic heterocycles. The van der Waals surface area contributed by atoms with Gasteiger partial charge >= 0.3 is 6.36 Å². The summed E-state index contributed by atoms with van der Waals surface area (Å²) in [5.74, 6) is 0.284. The van der Waals surface area contributed by atoms with Crippen LogP contribution in [0.2, 0.25) is 0 Å². The zero-order valence-corrected chi connectivity index (χ0v) is 20.7. The Hall–Kier alpha value is -4.12. The number of imidazole rings is 1. The molecule has 5 aromatic rings. The number of carbonyl (C=O) groups is 1. The average molecular weight is 526 g/mol. The highest BCUT2D eigenvalue weighted by molar-refractivity contribution is 7.15. The molecule has 0 aliphatic rings. The summed E-state index contributed by atoms with van der Waals surface area (Å²) in [7, 11) is 1.86. The van der Waals surface area contributed by atoms with Gasteiger partial charge in [0.25, 0.3) is 5.91 Å². The molecule has 0 saturated carbocycles. The number of ether oxygens (including phenoxy) is 1. The van der Waals surface area contributed by atoms with Gasteiger partial charge in [-0.25, -0.2) is 9.97 Å². The first kappa shape index (κ1) is 24.6. The molecule has 7 nitrogen and oxygen atoms in total. The number of halogens is 3. The number of pyridine rings is 1. The predicted octanol–water partition coefficient (Wildman–Crippen LogP) is 5.72. The molecule has 0 unspecified atom stereocenters. The van der Waals surface area contributed by atoms with Crippen molar-refractivity contribution in [3.63, 3.8) is 0 Å². The molecule has 0 aliphatic carbocycles. The fourth-order valence-corrected chi connectivity index (χ4v) is 4.83. The zero-order valence-electron chi connectivity index (χ0n) is 19.9. The number of nitrogens with one attached hydrogen (secondary N) is 1. The minimum Gasteiger partial charge on any atom is -0.406 e. The first-order valence-electron chi connectivity index (χ1n) is 11.3. The van der Waals surface area contributed by atoms with Crippen LogP contribution in [-0.4, -0.2) is 33.7 Å². The highest BCUT2D eigenvalue weighted by Crippen LogP contribution is 2.24. The van der Waals surface area contributed by atoms with Gasteiger partial charge in [0.15, 0.2) is 4.96 Å². The molecule has 1 amide bonds. The van der Waals surface area contributed by atoms with E-state index in [9.17, 15) is 18.0 Å². The van der Waals surface area contributed by atoms with Crippen molar-refractivity contribution in [1.29, 1.82) is 0 Å². The van der Waals surface area contributed by atoms with Crippen LogP contribution >= 0.6 is 11.3 Å². The molecule has 0 spiro atoms. The maximum atomic E-state index is 12.8. The van der Waals surface area contributed by atoms with Crippen molar-refractivity contribution in [3.05, 3.63) is 88.7 Å². The van der Waals surface area contributed by atoms with Crippen molar-refractivity contribution in [2.45, 2.75) is 26.4 Å². The van der Waals surface area contributed by atoms with Gasteiger partial charge in [-0.15, -0.1) is 24.5 Å². The second-order valence-corrected chi connectivity index (χ2v) is 9.40. The van der Waals surface area contributed by atoms with Crippen LogP contribution in [0.4, 0.5) is 19.0 Å². The molecule has 0 aliphatic heterocycles. The van der Waals surface area contributed by atoms with Crippen LogP contribution in [0.3, 0.4) is 0 Å². The lowest BCUT2D eigenvalue weighted by atomic mass is 10.1. The lowest BCUT2D eigenvalue weighted by Crippen LogP contribution is -2.24. The van der Waals surface area contributed by atoms with Crippen LogP contribution in [0, 0.1) is 6.92 Å². The molecule has 3 heterocycles. The van der Waals surface area contributed by atoms with E-state index in [0.29, 0.717) is 24.5 Å². The van der Waals surface area contributed by atoms with Gasteiger partial charge in [-0.1, -0.05) is 18.2 Å². The molecular weight excluding hydrogens is 503 g/mol. The summed E-state index contributed by atoms with van der Waals surface area (Å²) < 4.78 is 42.8. The normalized spacial score (nSPS) is 11.7. The smallest absolute Gasteiger partial charge is 0.406 e. The largest absolute Gasteiger partial charge is 0.573 e. The molecule has 0 atom stereocenters. The number of carbonyl (C=O) groups excluding carboxylic acids is 1. The number of aryl methyl sites for hydroxylation is 1. The minimum absolute atomic E-state index is 0.184. The maximum Gasteiger partial charge on any atom is 0.573 e. The quantitative estimate of drug-likeness (QED) is 0.294. The van der Waals surface area contributed by atoms with Crippen LogP contribution in [0.25, 0.3) is 15.9 Å². The number of nitrogens with zero attached hydrogens (tertiary/aromatic N) is 4. The number of thiazole rings is 1. The first-order chi connectivity index (χ1) is 17.7. The number of benzene rings is 2. The van der Waals surface area contributed by atoms with Crippen molar-refractivity contribution in [3.8, 4) is 5.75 Å². The Bertz CT molecular complexity index is 1580. The van der Waals surface area contributed by atoms with Gasteiger partial charge in [-0.05, 0) is 54.4 Å². The van der Waals surface area contributed by atoms with E-state index in [1.807, 2.05) is 60.8 Å². The third-order valence-corrected chi connectivity index (χ3v) is 6.57. The van der Waals surface area contributed by atoms with Gasteiger partial charge < -0.3 is 15.0 Å². The number of rotatable bonds is 7. The highest BCUT2D eigenvalue weighted by Gasteiger charge is 2.31. The third-order valence-electron chi connectivity index (χ3n) is 5.81. The first-order valence-corrected chi connectivity index (χ1v) is 12.2. The highest BCUT2D eigenvalue weighted by atomic mass is 32.1. The van der Waals surface area contributed by atoms with Crippen LogP contribution in [0.15, 0.2) is 66.2 Å². The fraction of sp³-hybridized carbons (Fsp3) is 0.192. The van der Waals surface area contributed by atoms with E-state index in [0.717, 1.165) is 32.8 Å². The Morgan fingerprint density at radius 1 is 1.08 bits per heavy atom. The minimum atomic E-state index is -4.71. The summed E-state index contributed by atoms with van der Waals surface area (Å²) in [6.07, 6.45) is -2.88. The molecule has 190 valence electrons. The molecule has 5 rings (SSSR count). The van der Waals surface area contributed by atoms with Crippen molar-refractivity contribution in [1.82, 2.24) is 19.7 Å². The summed E-state index contributed by atoms with van der Waals surface area (Å²) in [4.78, 5) is 24.6. The predicted molar refractivity (Wildman–Crippen MR) is 136 cm³/mol. The third kappa shape index (κ3) is 5.51. The summed E-state index contributed by atoms with van der Waals surface area (Å²) in [6.45, 7) is 2.64. The van der Waals surface area contributed by atoms with E-state index in [1.165, 1.54) is 23.5 Å². The van der Waals surface area contributed by atoms with E-state index in [1.54, 1.807) is 16.5 Å². The molecule has 0 radical (unpaired) electrons. The number of anilines is 1.